The maximum atomic E-state index is 12.9. The Balaban J connectivity index is 2.32. The van der Waals surface area contributed by atoms with Crippen molar-refractivity contribution >= 4 is 19.8 Å². The number of phosphoric ester groups is 1. The van der Waals surface area contributed by atoms with E-state index in [9.17, 15) is 44.6 Å². The van der Waals surface area contributed by atoms with Gasteiger partial charge in [-0.05, 0) is 12.8 Å². The van der Waals surface area contributed by atoms with Gasteiger partial charge in [-0.1, -0.05) is 239 Å². The van der Waals surface area contributed by atoms with E-state index in [1.807, 2.05) is 0 Å². The molecule has 0 aromatic carbocycles. The summed E-state index contributed by atoms with van der Waals surface area (Å²) < 4.78 is 33.7. The summed E-state index contributed by atoms with van der Waals surface area (Å²) in [5, 5.41) is 50.3. The van der Waals surface area contributed by atoms with Crippen LogP contribution in [-0.4, -0.2) is 98.3 Å². The zero-order valence-corrected chi connectivity index (χ0v) is 42.9. The number of carbonyl (C=O) groups is 2. The first-order chi connectivity index (χ1) is 31.9. The molecule has 14 heteroatoms. The highest BCUT2D eigenvalue weighted by molar-refractivity contribution is 7.47. The second-order valence-electron chi connectivity index (χ2n) is 19.5. The Morgan fingerprint density at radius 2 is 0.682 bits per heavy atom. The molecule has 6 unspecified atom stereocenters. The van der Waals surface area contributed by atoms with E-state index in [2.05, 4.69) is 13.8 Å². The van der Waals surface area contributed by atoms with Crippen LogP contribution in [0, 0.1) is 0 Å². The molecule has 8 atom stereocenters. The highest BCUT2D eigenvalue weighted by Gasteiger charge is 2.51. The van der Waals surface area contributed by atoms with Crippen molar-refractivity contribution in [1.82, 2.24) is 0 Å². The number of unbranched alkanes of at least 4 members (excludes halogenated alkanes) is 35. The van der Waals surface area contributed by atoms with Gasteiger partial charge >= 0.3 is 19.8 Å². The number of aliphatic hydroxyl groups excluding tert-OH is 5. The zero-order chi connectivity index (χ0) is 48.5. The van der Waals surface area contributed by atoms with E-state index in [1.165, 1.54) is 186 Å². The third-order valence-corrected chi connectivity index (χ3v) is 14.2. The van der Waals surface area contributed by atoms with E-state index >= 15 is 0 Å². The normalized spacial score (nSPS) is 21.2. The molecule has 0 spiro atoms. The van der Waals surface area contributed by atoms with Crippen LogP contribution in [0.1, 0.15) is 264 Å². The summed E-state index contributed by atoms with van der Waals surface area (Å²) in [5.41, 5.74) is 0. The number of phosphoric acid groups is 1. The Labute approximate surface area is 401 Å². The number of hydrogen-bond donors (Lipinski definition) is 6. The largest absolute Gasteiger partial charge is 0.472 e. The van der Waals surface area contributed by atoms with E-state index in [0.717, 1.165) is 38.5 Å². The van der Waals surface area contributed by atoms with E-state index in [0.29, 0.717) is 12.8 Å². The van der Waals surface area contributed by atoms with Gasteiger partial charge < -0.3 is 39.9 Å². The number of aliphatic hydroxyl groups is 5. The van der Waals surface area contributed by atoms with Gasteiger partial charge in [0.1, 0.15) is 43.2 Å². The maximum absolute atomic E-state index is 12.9. The lowest BCUT2D eigenvalue weighted by Gasteiger charge is -2.41. The molecule has 0 aromatic rings. The molecule has 1 saturated carbocycles. The molecule has 0 aliphatic heterocycles. The second-order valence-corrected chi connectivity index (χ2v) is 20.9. The van der Waals surface area contributed by atoms with E-state index in [-0.39, 0.29) is 12.8 Å². The molecule has 6 N–H and O–H groups in total. The Hall–Kier alpha value is -1.15. The first-order valence-electron chi connectivity index (χ1n) is 27.3. The van der Waals surface area contributed by atoms with Crippen LogP contribution in [-0.2, 0) is 32.7 Å². The molecule has 1 rings (SSSR count). The molecular weight excluding hydrogens is 864 g/mol. The minimum atomic E-state index is -5.11. The summed E-state index contributed by atoms with van der Waals surface area (Å²) >= 11 is 0. The van der Waals surface area contributed by atoms with Crippen LogP contribution in [0.15, 0.2) is 0 Å². The Morgan fingerprint density at radius 3 is 1.00 bits per heavy atom. The predicted octanol–water partition coefficient (Wildman–Crippen LogP) is 12.0. The van der Waals surface area contributed by atoms with Gasteiger partial charge in [0.15, 0.2) is 6.10 Å². The number of rotatable bonds is 47. The van der Waals surface area contributed by atoms with Crippen LogP contribution >= 0.6 is 7.82 Å². The van der Waals surface area contributed by atoms with Gasteiger partial charge in [0.05, 0.1) is 6.61 Å². The summed E-state index contributed by atoms with van der Waals surface area (Å²) in [7, 11) is -5.11. The lowest BCUT2D eigenvalue weighted by atomic mass is 9.85. The number of esters is 2. The van der Waals surface area contributed by atoms with Crippen LogP contribution in [0.2, 0.25) is 0 Å². The topological polar surface area (TPSA) is 210 Å². The van der Waals surface area contributed by atoms with Gasteiger partial charge in [0, 0.05) is 12.8 Å². The molecular formula is C52H101O13P. The molecule has 66 heavy (non-hydrogen) atoms. The van der Waals surface area contributed by atoms with Crippen molar-refractivity contribution in [2.24, 2.45) is 0 Å². The molecule has 13 nitrogen and oxygen atoms in total. The van der Waals surface area contributed by atoms with Gasteiger partial charge in [-0.25, -0.2) is 4.57 Å². The lowest BCUT2D eigenvalue weighted by molar-refractivity contribution is -0.220. The molecule has 0 radical (unpaired) electrons. The molecule has 0 saturated heterocycles. The highest BCUT2D eigenvalue weighted by Crippen LogP contribution is 2.47. The fourth-order valence-corrected chi connectivity index (χ4v) is 9.79. The van der Waals surface area contributed by atoms with Crippen molar-refractivity contribution < 1.29 is 63.1 Å². The van der Waals surface area contributed by atoms with Crippen molar-refractivity contribution in [3.05, 3.63) is 0 Å². The Morgan fingerprint density at radius 1 is 0.409 bits per heavy atom. The summed E-state index contributed by atoms with van der Waals surface area (Å²) in [4.78, 5) is 35.9. The highest BCUT2D eigenvalue weighted by atomic mass is 31.2. The standard InChI is InChI=1S/C52H101O13P/c1-3-5-7-9-11-13-15-17-19-20-21-22-23-24-25-27-28-30-32-34-36-38-40-45(53)62-42-44(43-63-66(60,61)65-52-50(58)48(56)47(55)49(57)51(52)59)64-46(54)41-39-37-35-33-31-29-26-18-16-14-12-10-8-6-4-2/h44,47-52,55-59H,3-43H2,1-2H3,(H,60,61)/t44-,47?,48-,49?,50?,51?,52?/m0/s1. The van der Waals surface area contributed by atoms with Crippen LogP contribution in [0.25, 0.3) is 0 Å². The van der Waals surface area contributed by atoms with Crippen LogP contribution in [0.5, 0.6) is 0 Å². The Bertz CT molecular complexity index is 1160. The van der Waals surface area contributed by atoms with Gasteiger partial charge in [-0.3, -0.25) is 18.6 Å². The number of carbonyl (C=O) groups excluding carboxylic acids is 2. The van der Waals surface area contributed by atoms with E-state index in [4.69, 9.17) is 18.5 Å². The molecule has 0 bridgehead atoms. The van der Waals surface area contributed by atoms with Gasteiger partial charge in [0.25, 0.3) is 0 Å². The van der Waals surface area contributed by atoms with Crippen molar-refractivity contribution in [3.8, 4) is 0 Å². The second kappa shape index (κ2) is 42.7. The lowest BCUT2D eigenvalue weighted by Crippen LogP contribution is -2.64. The fourth-order valence-electron chi connectivity index (χ4n) is 8.82. The first kappa shape index (κ1) is 62.9. The maximum Gasteiger partial charge on any atom is 0.472 e. The van der Waals surface area contributed by atoms with Gasteiger partial charge in [-0.2, -0.15) is 0 Å². The SMILES string of the molecule is CCCCCCCCCCCCCCCCCCCCCCCCC(=O)OC[C@@H](COP(=O)(O)OC1C(O)C(O)C(O)[C@H](O)C1O)OC(=O)CCCCCCCCCCCCCCCCC. The van der Waals surface area contributed by atoms with Crippen molar-refractivity contribution in [2.45, 2.75) is 307 Å². The van der Waals surface area contributed by atoms with E-state index in [1.54, 1.807) is 0 Å². The van der Waals surface area contributed by atoms with Crippen LogP contribution in [0.4, 0.5) is 0 Å². The fraction of sp³-hybridized carbons (Fsp3) is 0.962. The van der Waals surface area contributed by atoms with Crippen LogP contribution < -0.4 is 0 Å². The van der Waals surface area contributed by atoms with Gasteiger partial charge in [0.2, 0.25) is 0 Å². The predicted molar refractivity (Wildman–Crippen MR) is 263 cm³/mol. The smallest absolute Gasteiger partial charge is 0.462 e. The summed E-state index contributed by atoms with van der Waals surface area (Å²) in [5.74, 6) is -1.08. The number of hydrogen-bond acceptors (Lipinski definition) is 12. The van der Waals surface area contributed by atoms with Crippen molar-refractivity contribution in [2.75, 3.05) is 13.2 Å². The summed E-state index contributed by atoms with van der Waals surface area (Å²) in [6.07, 6.45) is 33.0. The monoisotopic (exact) mass is 965 g/mol. The molecule has 0 amide bonds. The van der Waals surface area contributed by atoms with Crippen LogP contribution in [0.3, 0.4) is 0 Å². The minimum Gasteiger partial charge on any atom is -0.462 e. The van der Waals surface area contributed by atoms with Gasteiger partial charge in [-0.15, -0.1) is 0 Å². The van der Waals surface area contributed by atoms with E-state index < -0.39 is 75.7 Å². The molecule has 392 valence electrons. The number of ether oxygens (including phenoxy) is 2. The zero-order valence-electron chi connectivity index (χ0n) is 42.0. The third kappa shape index (κ3) is 34.2. The summed E-state index contributed by atoms with van der Waals surface area (Å²) in [6, 6.07) is 0. The first-order valence-corrected chi connectivity index (χ1v) is 28.8. The van der Waals surface area contributed by atoms with Crippen molar-refractivity contribution in [1.29, 1.82) is 0 Å². The molecule has 0 aromatic heterocycles. The summed E-state index contributed by atoms with van der Waals surface area (Å²) in [6.45, 7) is 3.36. The Kier molecular flexibility index (Phi) is 40.7. The average molecular weight is 965 g/mol. The quantitative estimate of drug-likeness (QED) is 0.0191. The van der Waals surface area contributed by atoms with Crippen molar-refractivity contribution in [3.63, 3.8) is 0 Å². The third-order valence-electron chi connectivity index (χ3n) is 13.2. The molecule has 1 aliphatic rings. The average Bonchev–Trinajstić information content (AvgIpc) is 3.30. The minimum absolute atomic E-state index is 0.105. The molecule has 0 heterocycles. The molecule has 1 fully saturated rings. The molecule has 1 aliphatic carbocycles.